The van der Waals surface area contributed by atoms with E-state index in [0.717, 1.165) is 35.4 Å². The molecule has 0 amide bonds. The van der Waals surface area contributed by atoms with Crippen LogP contribution in [0.4, 0.5) is 4.39 Å². The molecule has 8 heteroatoms. The molecule has 164 valence electrons. The molecule has 0 bridgehead atoms. The van der Waals surface area contributed by atoms with E-state index in [1.165, 1.54) is 29.2 Å². The molecule has 3 aromatic rings. The van der Waals surface area contributed by atoms with Crippen LogP contribution in [0.1, 0.15) is 66.0 Å². The van der Waals surface area contributed by atoms with Gasteiger partial charge in [0.25, 0.3) is 0 Å². The van der Waals surface area contributed by atoms with E-state index in [0.29, 0.717) is 11.1 Å². The van der Waals surface area contributed by atoms with Gasteiger partial charge in [-0.1, -0.05) is 13.8 Å². The van der Waals surface area contributed by atoms with Crippen LogP contribution in [0.3, 0.4) is 0 Å². The number of fused-ring (bicyclic) bond motifs is 2. The maximum atomic E-state index is 15.2. The molecule has 0 spiro atoms. The predicted molar refractivity (Wildman–Crippen MR) is 123 cm³/mol. The van der Waals surface area contributed by atoms with Gasteiger partial charge in [-0.3, -0.25) is 4.79 Å². The molecule has 2 aliphatic carbocycles. The van der Waals surface area contributed by atoms with Crippen molar-refractivity contribution >= 4 is 40.6 Å². The molecule has 0 radical (unpaired) electrons. The lowest BCUT2D eigenvalue weighted by Crippen LogP contribution is -2.32. The van der Waals surface area contributed by atoms with Crippen LogP contribution in [0.2, 0.25) is 0 Å². The van der Waals surface area contributed by atoms with Crippen LogP contribution >= 0.6 is 23.7 Å². The average Bonchev–Trinajstić information content (AvgIpc) is 3.43. The second-order valence-corrected chi connectivity index (χ2v) is 10.2. The summed E-state index contributed by atoms with van der Waals surface area (Å²) in [7, 11) is 0. The highest BCUT2D eigenvalue weighted by Gasteiger charge is 2.35. The Labute approximate surface area is 189 Å². The van der Waals surface area contributed by atoms with Crippen LogP contribution in [-0.4, -0.2) is 15.6 Å². The number of nitrogens with zero attached hydrogens (tertiary/aromatic N) is 1. The number of carboxylic acids is 1. The lowest BCUT2D eigenvalue weighted by Gasteiger charge is -2.35. The fourth-order valence-electron chi connectivity index (χ4n) is 4.37. The first-order valence-electron chi connectivity index (χ1n) is 10.2. The minimum atomic E-state index is -1.29. The van der Waals surface area contributed by atoms with Gasteiger partial charge >= 0.3 is 5.97 Å². The van der Waals surface area contributed by atoms with Gasteiger partial charge in [0.15, 0.2) is 0 Å². The highest BCUT2D eigenvalue weighted by atomic mass is 35.5. The number of hydrogen-bond donors (Lipinski definition) is 2. The van der Waals surface area contributed by atoms with Gasteiger partial charge in [-0.05, 0) is 54.9 Å². The molecule has 1 fully saturated rings. The van der Waals surface area contributed by atoms with E-state index >= 15 is 4.39 Å². The first-order valence-corrected chi connectivity index (χ1v) is 11.0. The number of pyridine rings is 1. The second-order valence-electron chi connectivity index (χ2n) is 9.13. The molecule has 2 aromatic heterocycles. The van der Waals surface area contributed by atoms with Gasteiger partial charge in [-0.2, -0.15) is 0 Å². The molecular weight excluding hydrogens is 439 g/mol. The minimum absolute atomic E-state index is 0. The van der Waals surface area contributed by atoms with Gasteiger partial charge in [0.05, 0.1) is 5.52 Å². The topological polar surface area (TPSA) is 85.3 Å². The summed E-state index contributed by atoms with van der Waals surface area (Å²) in [4.78, 5) is 26.1. The molecule has 1 aromatic carbocycles. The molecule has 1 atom stereocenters. The molecule has 1 saturated carbocycles. The van der Waals surface area contributed by atoms with Crippen LogP contribution < -0.4 is 11.2 Å². The van der Waals surface area contributed by atoms with E-state index in [1.54, 1.807) is 6.07 Å². The first-order chi connectivity index (χ1) is 14.2. The predicted octanol–water partition coefficient (Wildman–Crippen LogP) is 5.30. The number of aryl methyl sites for hydroxylation is 1. The Bertz CT molecular complexity index is 1280. The highest BCUT2D eigenvalue weighted by molar-refractivity contribution is 7.15. The van der Waals surface area contributed by atoms with Gasteiger partial charge < -0.3 is 15.4 Å². The number of aromatic carboxylic acids is 1. The highest BCUT2D eigenvalue weighted by Crippen LogP contribution is 2.48. The van der Waals surface area contributed by atoms with Gasteiger partial charge in [0.2, 0.25) is 5.43 Å². The number of thiophene rings is 1. The summed E-state index contributed by atoms with van der Waals surface area (Å²) in [5, 5.41) is 9.51. The van der Waals surface area contributed by atoms with E-state index in [4.69, 9.17) is 5.73 Å². The van der Waals surface area contributed by atoms with Crippen molar-refractivity contribution < 1.29 is 14.3 Å². The van der Waals surface area contributed by atoms with E-state index in [-0.39, 0.29) is 40.9 Å². The smallest absolute Gasteiger partial charge is 0.341 e. The number of carboxylic acid groups (broad SMARTS) is 1. The number of halogens is 2. The Morgan fingerprint density at radius 1 is 1.29 bits per heavy atom. The van der Waals surface area contributed by atoms with Crippen LogP contribution in [0.15, 0.2) is 29.2 Å². The second kappa shape index (κ2) is 7.43. The SMILES string of the molecule is CC1(C)CCc2cc(-c3cc4c(cc3F)c(=O)c(C(=O)O)cn4C3CC3)sc2C1N.Cl. The quantitative estimate of drug-likeness (QED) is 0.553. The van der Waals surface area contributed by atoms with Crippen molar-refractivity contribution in [1.29, 1.82) is 0 Å². The van der Waals surface area contributed by atoms with Gasteiger partial charge in [0, 0.05) is 39.0 Å². The molecule has 31 heavy (non-hydrogen) atoms. The molecule has 2 aliphatic rings. The third-order valence-electron chi connectivity index (χ3n) is 6.56. The molecule has 5 rings (SSSR count). The fraction of sp³-hybridized carbons (Fsp3) is 0.391. The van der Waals surface area contributed by atoms with E-state index in [9.17, 15) is 14.7 Å². The Hall–Kier alpha value is -2.22. The zero-order valence-electron chi connectivity index (χ0n) is 17.3. The van der Waals surface area contributed by atoms with Crippen molar-refractivity contribution in [1.82, 2.24) is 4.57 Å². The zero-order chi connectivity index (χ0) is 21.4. The van der Waals surface area contributed by atoms with Crippen molar-refractivity contribution in [2.75, 3.05) is 0 Å². The molecular formula is C23H24ClFN2O3S. The normalized spacial score (nSPS) is 19.7. The van der Waals surface area contributed by atoms with Crippen molar-refractivity contribution in [3.05, 3.63) is 56.4 Å². The summed E-state index contributed by atoms with van der Waals surface area (Å²) in [5.41, 5.74) is 7.72. The van der Waals surface area contributed by atoms with Crippen molar-refractivity contribution in [3.8, 4) is 10.4 Å². The van der Waals surface area contributed by atoms with Crippen LogP contribution in [-0.2, 0) is 6.42 Å². The molecule has 1 unspecified atom stereocenters. The number of benzene rings is 1. The number of aromatic nitrogens is 1. The average molecular weight is 463 g/mol. The van der Waals surface area contributed by atoms with Gasteiger partial charge in [-0.15, -0.1) is 23.7 Å². The summed E-state index contributed by atoms with van der Waals surface area (Å²) in [5.74, 6) is -1.81. The standard InChI is InChI=1S/C23H23FN2O3S.ClH/c1-23(2)6-5-11-7-18(30-20(11)21(23)25)13-9-17-14(8-16(13)24)19(27)15(22(28)29)10-26(17)12-3-4-12;/h7-10,12,21H,3-6,25H2,1-2H3,(H,28,29);1H. The van der Waals surface area contributed by atoms with Crippen molar-refractivity contribution in [2.24, 2.45) is 11.1 Å². The summed E-state index contributed by atoms with van der Waals surface area (Å²) >= 11 is 1.52. The van der Waals surface area contributed by atoms with Crippen LogP contribution in [0.5, 0.6) is 0 Å². The number of hydrogen-bond acceptors (Lipinski definition) is 4. The van der Waals surface area contributed by atoms with Crippen molar-refractivity contribution in [2.45, 2.75) is 51.6 Å². The minimum Gasteiger partial charge on any atom is -0.477 e. The summed E-state index contributed by atoms with van der Waals surface area (Å²) in [6, 6.07) is 4.97. The summed E-state index contributed by atoms with van der Waals surface area (Å²) < 4.78 is 17.0. The number of carbonyl (C=O) groups is 1. The van der Waals surface area contributed by atoms with Gasteiger partial charge in [0.1, 0.15) is 11.4 Å². The van der Waals surface area contributed by atoms with Gasteiger partial charge in [-0.25, -0.2) is 9.18 Å². The Kier molecular flexibility index (Phi) is 5.27. The van der Waals surface area contributed by atoms with Crippen LogP contribution in [0.25, 0.3) is 21.3 Å². The van der Waals surface area contributed by atoms with E-state index in [2.05, 4.69) is 13.8 Å². The Morgan fingerprint density at radius 3 is 2.65 bits per heavy atom. The summed E-state index contributed by atoms with van der Waals surface area (Å²) in [6.45, 7) is 4.32. The van der Waals surface area contributed by atoms with E-state index in [1.807, 2.05) is 10.6 Å². The monoisotopic (exact) mass is 462 g/mol. The van der Waals surface area contributed by atoms with Crippen LogP contribution in [0, 0.1) is 11.2 Å². The lowest BCUT2D eigenvalue weighted by molar-refractivity contribution is 0.0695. The first kappa shape index (κ1) is 22.0. The number of rotatable bonds is 3. The molecule has 0 saturated heterocycles. The third kappa shape index (κ3) is 3.49. The van der Waals surface area contributed by atoms with Crippen molar-refractivity contribution in [3.63, 3.8) is 0 Å². The molecule has 5 nitrogen and oxygen atoms in total. The molecule has 2 heterocycles. The Balaban J connectivity index is 0.00000231. The zero-order valence-corrected chi connectivity index (χ0v) is 18.9. The third-order valence-corrected chi connectivity index (χ3v) is 7.86. The number of nitrogens with two attached hydrogens (primary N) is 1. The van der Waals surface area contributed by atoms with E-state index < -0.39 is 17.2 Å². The largest absolute Gasteiger partial charge is 0.477 e. The lowest BCUT2D eigenvalue weighted by atomic mass is 9.74. The Morgan fingerprint density at radius 2 is 2.00 bits per heavy atom. The summed E-state index contributed by atoms with van der Waals surface area (Å²) in [6.07, 6.45) is 5.14. The fourth-order valence-corrected chi connectivity index (χ4v) is 5.81. The molecule has 3 N–H and O–H groups in total. The maximum absolute atomic E-state index is 15.2. The maximum Gasteiger partial charge on any atom is 0.341 e. The molecule has 0 aliphatic heterocycles.